The Hall–Kier alpha value is -2.69. The summed E-state index contributed by atoms with van der Waals surface area (Å²) in [5, 5.41) is 8.86. The molecule has 0 aromatic heterocycles. The molecule has 1 fully saturated rings. The summed E-state index contributed by atoms with van der Waals surface area (Å²) in [6.07, 6.45) is 1.24. The summed E-state index contributed by atoms with van der Waals surface area (Å²) < 4.78 is 13.1. The smallest absolute Gasteiger partial charge is 0.303 e. The first kappa shape index (κ1) is 18.1. The second kappa shape index (κ2) is 8.13. The van der Waals surface area contributed by atoms with Crippen LogP contribution in [0.2, 0.25) is 0 Å². The van der Waals surface area contributed by atoms with Crippen molar-refractivity contribution in [1.82, 2.24) is 4.90 Å². The van der Waals surface area contributed by atoms with Gasteiger partial charge in [0.15, 0.2) is 0 Å². The minimum Gasteiger partial charge on any atom is -0.481 e. The van der Waals surface area contributed by atoms with Gasteiger partial charge in [-0.2, -0.15) is 0 Å². The number of rotatable bonds is 8. The fourth-order valence-corrected chi connectivity index (χ4v) is 3.27. The van der Waals surface area contributed by atoms with Crippen LogP contribution in [0.15, 0.2) is 54.6 Å². The van der Waals surface area contributed by atoms with Crippen molar-refractivity contribution < 1.29 is 19.1 Å². The van der Waals surface area contributed by atoms with Gasteiger partial charge in [0.05, 0.1) is 0 Å². The maximum absolute atomic E-state index is 13.1. The Morgan fingerprint density at radius 1 is 1.08 bits per heavy atom. The predicted octanol–water partition coefficient (Wildman–Crippen LogP) is 3.82. The van der Waals surface area contributed by atoms with E-state index in [1.54, 1.807) is 17.0 Å². The van der Waals surface area contributed by atoms with E-state index in [-0.39, 0.29) is 30.0 Å². The van der Waals surface area contributed by atoms with Gasteiger partial charge in [-0.3, -0.25) is 9.59 Å². The Bertz CT molecular complexity index is 761. The lowest BCUT2D eigenvalue weighted by Gasteiger charge is -2.23. The van der Waals surface area contributed by atoms with Crippen LogP contribution in [0.5, 0.6) is 0 Å². The number of halogens is 1. The standard InChI is InChI=1S/C21H22FNO3/c22-17-10-8-16(9-11-17)18-13-19(18)21(26)23(12-4-7-20(24)25)14-15-5-2-1-3-6-15/h1-3,5-6,8-11,18-19H,4,7,12-14H2,(H,24,25). The van der Waals surface area contributed by atoms with E-state index in [1.165, 1.54) is 12.1 Å². The first-order valence-electron chi connectivity index (χ1n) is 8.84. The van der Waals surface area contributed by atoms with Crippen LogP contribution in [0.4, 0.5) is 4.39 Å². The molecule has 2 unspecified atom stereocenters. The summed E-state index contributed by atoms with van der Waals surface area (Å²) in [6.45, 7) is 0.901. The largest absolute Gasteiger partial charge is 0.481 e. The second-order valence-electron chi connectivity index (χ2n) is 6.74. The van der Waals surface area contributed by atoms with Crippen molar-refractivity contribution in [3.05, 3.63) is 71.5 Å². The Kier molecular flexibility index (Phi) is 5.66. The van der Waals surface area contributed by atoms with Crippen LogP contribution in [-0.2, 0) is 16.1 Å². The number of carboxylic acid groups (broad SMARTS) is 1. The van der Waals surface area contributed by atoms with Crippen molar-refractivity contribution >= 4 is 11.9 Å². The van der Waals surface area contributed by atoms with Gasteiger partial charge in [0.25, 0.3) is 0 Å². The molecule has 0 spiro atoms. The van der Waals surface area contributed by atoms with Gasteiger partial charge < -0.3 is 10.0 Å². The zero-order valence-electron chi connectivity index (χ0n) is 14.5. The number of benzene rings is 2. The number of hydrogen-bond donors (Lipinski definition) is 1. The van der Waals surface area contributed by atoms with Crippen molar-refractivity contribution in [3.63, 3.8) is 0 Å². The highest BCUT2D eigenvalue weighted by atomic mass is 19.1. The molecule has 1 aliphatic rings. The topological polar surface area (TPSA) is 57.6 Å². The fourth-order valence-electron chi connectivity index (χ4n) is 3.27. The molecule has 4 nitrogen and oxygen atoms in total. The van der Waals surface area contributed by atoms with Crippen LogP contribution >= 0.6 is 0 Å². The quantitative estimate of drug-likeness (QED) is 0.783. The Labute approximate surface area is 152 Å². The van der Waals surface area contributed by atoms with E-state index in [0.717, 1.165) is 17.5 Å². The molecule has 0 aliphatic heterocycles. The number of amides is 1. The van der Waals surface area contributed by atoms with E-state index in [4.69, 9.17) is 5.11 Å². The minimum atomic E-state index is -0.854. The molecule has 5 heteroatoms. The lowest BCUT2D eigenvalue weighted by atomic mass is 10.1. The van der Waals surface area contributed by atoms with Crippen LogP contribution in [0.3, 0.4) is 0 Å². The maximum Gasteiger partial charge on any atom is 0.303 e. The summed E-state index contributed by atoms with van der Waals surface area (Å²) in [7, 11) is 0. The Morgan fingerprint density at radius 2 is 1.77 bits per heavy atom. The summed E-state index contributed by atoms with van der Waals surface area (Å²) in [6, 6.07) is 16.0. The minimum absolute atomic E-state index is 0.0463. The van der Waals surface area contributed by atoms with Gasteiger partial charge in [0.1, 0.15) is 5.82 Å². The molecule has 1 N–H and O–H groups in total. The molecule has 0 bridgehead atoms. The molecule has 2 aromatic rings. The van der Waals surface area contributed by atoms with E-state index < -0.39 is 5.97 Å². The van der Waals surface area contributed by atoms with Crippen LogP contribution in [0, 0.1) is 11.7 Å². The van der Waals surface area contributed by atoms with Crippen molar-refractivity contribution in [2.45, 2.75) is 31.7 Å². The van der Waals surface area contributed by atoms with Crippen molar-refractivity contribution in [2.24, 2.45) is 5.92 Å². The highest BCUT2D eigenvalue weighted by Gasteiger charge is 2.45. The van der Waals surface area contributed by atoms with Crippen LogP contribution in [-0.4, -0.2) is 28.4 Å². The third kappa shape index (κ3) is 4.69. The van der Waals surface area contributed by atoms with E-state index in [1.807, 2.05) is 30.3 Å². The van der Waals surface area contributed by atoms with Gasteiger partial charge in [-0.05, 0) is 42.0 Å². The summed E-state index contributed by atoms with van der Waals surface area (Å²) in [5.41, 5.74) is 2.00. The number of carbonyl (C=O) groups is 2. The lowest BCUT2D eigenvalue weighted by Crippen LogP contribution is -2.33. The fraction of sp³-hybridized carbons (Fsp3) is 0.333. The number of carboxylic acids is 1. The molecule has 1 amide bonds. The normalized spacial score (nSPS) is 18.3. The average molecular weight is 355 g/mol. The summed E-state index contributed by atoms with van der Waals surface area (Å²) in [4.78, 5) is 25.5. The van der Waals surface area contributed by atoms with E-state index in [9.17, 15) is 14.0 Å². The number of aliphatic carboxylic acids is 1. The molecule has 2 atom stereocenters. The third-order valence-electron chi connectivity index (χ3n) is 4.75. The average Bonchev–Trinajstić information content (AvgIpc) is 3.42. The molecular formula is C21H22FNO3. The predicted molar refractivity (Wildman–Crippen MR) is 96.0 cm³/mol. The third-order valence-corrected chi connectivity index (χ3v) is 4.75. The Morgan fingerprint density at radius 3 is 2.42 bits per heavy atom. The summed E-state index contributed by atoms with van der Waals surface area (Å²) in [5.74, 6) is -1.06. The first-order chi connectivity index (χ1) is 12.5. The van der Waals surface area contributed by atoms with Crippen molar-refractivity contribution in [1.29, 1.82) is 0 Å². The molecular weight excluding hydrogens is 333 g/mol. The van der Waals surface area contributed by atoms with Crippen LogP contribution < -0.4 is 0 Å². The SMILES string of the molecule is O=C(O)CCCN(Cc1ccccc1)C(=O)C1CC1c1ccc(F)cc1. The van der Waals surface area contributed by atoms with Gasteiger partial charge >= 0.3 is 5.97 Å². The van der Waals surface area contributed by atoms with Crippen molar-refractivity contribution in [2.75, 3.05) is 6.54 Å². The number of carbonyl (C=O) groups excluding carboxylic acids is 1. The molecule has 2 aromatic carbocycles. The second-order valence-corrected chi connectivity index (χ2v) is 6.74. The molecule has 3 rings (SSSR count). The molecule has 0 heterocycles. The monoisotopic (exact) mass is 355 g/mol. The lowest BCUT2D eigenvalue weighted by molar-refractivity contribution is -0.138. The van der Waals surface area contributed by atoms with E-state index >= 15 is 0 Å². The summed E-state index contributed by atoms with van der Waals surface area (Å²) >= 11 is 0. The van der Waals surface area contributed by atoms with Gasteiger partial charge in [0.2, 0.25) is 5.91 Å². The van der Waals surface area contributed by atoms with E-state index in [2.05, 4.69) is 0 Å². The van der Waals surface area contributed by atoms with Gasteiger partial charge in [-0.1, -0.05) is 42.5 Å². The van der Waals surface area contributed by atoms with Gasteiger partial charge in [-0.15, -0.1) is 0 Å². The zero-order valence-corrected chi connectivity index (χ0v) is 14.5. The molecule has 1 saturated carbocycles. The van der Waals surface area contributed by atoms with Crippen LogP contribution in [0.25, 0.3) is 0 Å². The van der Waals surface area contributed by atoms with Gasteiger partial charge in [-0.25, -0.2) is 4.39 Å². The molecule has 26 heavy (non-hydrogen) atoms. The number of nitrogens with zero attached hydrogens (tertiary/aromatic N) is 1. The molecule has 1 aliphatic carbocycles. The highest BCUT2D eigenvalue weighted by Crippen LogP contribution is 2.48. The van der Waals surface area contributed by atoms with Crippen molar-refractivity contribution in [3.8, 4) is 0 Å². The molecule has 0 saturated heterocycles. The first-order valence-corrected chi connectivity index (χ1v) is 8.84. The molecule has 0 radical (unpaired) electrons. The van der Waals surface area contributed by atoms with Gasteiger partial charge in [0, 0.05) is 25.4 Å². The molecule has 136 valence electrons. The number of hydrogen-bond acceptors (Lipinski definition) is 2. The highest BCUT2D eigenvalue weighted by molar-refractivity contribution is 5.83. The Balaban J connectivity index is 1.66. The van der Waals surface area contributed by atoms with E-state index in [0.29, 0.717) is 19.5 Å². The zero-order chi connectivity index (χ0) is 18.5. The van der Waals surface area contributed by atoms with Crippen LogP contribution in [0.1, 0.15) is 36.3 Å². The maximum atomic E-state index is 13.1.